The molecule has 0 aromatic heterocycles. The predicted molar refractivity (Wildman–Crippen MR) is 102 cm³/mol. The molecular weight excluding hydrogens is 399 g/mol. The summed E-state index contributed by atoms with van der Waals surface area (Å²) in [6, 6.07) is 6.48. The second-order valence-corrected chi connectivity index (χ2v) is 9.03. The molecule has 0 saturated carbocycles. The fourth-order valence-corrected chi connectivity index (χ4v) is 5.62. The zero-order chi connectivity index (χ0) is 19.5. The van der Waals surface area contributed by atoms with Crippen molar-refractivity contribution in [2.75, 3.05) is 0 Å². The van der Waals surface area contributed by atoms with Crippen molar-refractivity contribution in [1.29, 1.82) is 0 Å². The molecule has 6 nitrogen and oxygen atoms in total. The van der Waals surface area contributed by atoms with Gasteiger partial charge in [0.15, 0.2) is 0 Å². The zero-order valence-corrected chi connectivity index (χ0v) is 19.5. The summed E-state index contributed by atoms with van der Waals surface area (Å²) in [6.45, 7) is 3.94. The molecule has 0 amide bonds. The molecule has 0 bridgehead atoms. The predicted octanol–water partition coefficient (Wildman–Crippen LogP) is 1.13. The van der Waals surface area contributed by atoms with Crippen LogP contribution < -0.4 is 29.6 Å². The third-order valence-electron chi connectivity index (χ3n) is 4.42. The van der Waals surface area contributed by atoms with Crippen LogP contribution in [0.1, 0.15) is 52.1 Å². The zero-order valence-electron chi connectivity index (χ0n) is 16.9. The molecule has 0 aliphatic rings. The molecular formula is C18H25NaO6S2. The minimum Gasteiger partial charge on any atom is -1.00 e. The van der Waals surface area contributed by atoms with Gasteiger partial charge in [-0.25, -0.2) is 0 Å². The van der Waals surface area contributed by atoms with Gasteiger partial charge >= 0.3 is 29.6 Å². The number of hydrogen-bond acceptors (Lipinski definition) is 4. The number of hydrogen-bond donors (Lipinski definition) is 2. The Morgan fingerprint density at radius 1 is 0.778 bits per heavy atom. The van der Waals surface area contributed by atoms with Crippen LogP contribution in [0.4, 0.5) is 0 Å². The van der Waals surface area contributed by atoms with E-state index in [0.717, 1.165) is 24.8 Å². The molecule has 9 heteroatoms. The van der Waals surface area contributed by atoms with Crippen molar-refractivity contribution in [3.63, 3.8) is 0 Å². The summed E-state index contributed by atoms with van der Waals surface area (Å²) in [4.78, 5) is -1.42. The normalized spacial score (nSPS) is 12.1. The van der Waals surface area contributed by atoms with E-state index < -0.39 is 30.0 Å². The molecule has 0 aliphatic heterocycles. The molecule has 0 fully saturated rings. The van der Waals surface area contributed by atoms with Crippen LogP contribution in [-0.2, 0) is 33.1 Å². The van der Waals surface area contributed by atoms with Crippen molar-refractivity contribution >= 4 is 31.0 Å². The topological polar surface area (TPSA) is 109 Å². The van der Waals surface area contributed by atoms with E-state index in [1.165, 1.54) is 6.07 Å². The second-order valence-electron chi connectivity index (χ2n) is 6.32. The van der Waals surface area contributed by atoms with Crippen LogP contribution in [-0.4, -0.2) is 25.9 Å². The molecule has 0 aliphatic carbocycles. The molecule has 27 heavy (non-hydrogen) atoms. The number of benzene rings is 2. The smallest absolute Gasteiger partial charge is 1.00 e. The average Bonchev–Trinajstić information content (AvgIpc) is 2.55. The fourth-order valence-electron chi connectivity index (χ4n) is 3.29. The quantitative estimate of drug-likeness (QED) is 0.486. The first-order chi connectivity index (χ1) is 12.1. The van der Waals surface area contributed by atoms with Crippen molar-refractivity contribution in [3.8, 4) is 0 Å². The molecule has 0 radical (unpaired) electrons. The maximum Gasteiger partial charge on any atom is 1.00 e. The van der Waals surface area contributed by atoms with E-state index in [0.29, 0.717) is 24.6 Å². The summed E-state index contributed by atoms with van der Waals surface area (Å²) in [5.41, 5.74) is 1.00. The van der Waals surface area contributed by atoms with Gasteiger partial charge in [0.2, 0.25) is 0 Å². The van der Waals surface area contributed by atoms with Gasteiger partial charge in [0.25, 0.3) is 20.2 Å². The molecule has 0 saturated heterocycles. The van der Waals surface area contributed by atoms with Crippen molar-refractivity contribution in [3.05, 3.63) is 35.4 Å². The molecule has 0 spiro atoms. The maximum absolute atomic E-state index is 12.1. The maximum atomic E-state index is 12.1. The number of fused-ring (bicyclic) bond motifs is 1. The molecule has 2 rings (SSSR count). The van der Waals surface area contributed by atoms with Gasteiger partial charge in [-0.1, -0.05) is 51.0 Å². The SMILES string of the molecule is CCCCc1c(S(=O)(=O)O)c(S(=O)(=O)O)c2ccccc2c1CCCC.[H-].[Na+]. The number of rotatable bonds is 8. The molecule has 146 valence electrons. The Labute approximate surface area is 184 Å². The Bertz CT molecular complexity index is 1020. The van der Waals surface area contributed by atoms with E-state index in [2.05, 4.69) is 0 Å². The van der Waals surface area contributed by atoms with Gasteiger partial charge in [-0.3, -0.25) is 9.11 Å². The van der Waals surface area contributed by atoms with Crippen molar-refractivity contribution < 1.29 is 56.9 Å². The Morgan fingerprint density at radius 2 is 1.22 bits per heavy atom. The van der Waals surface area contributed by atoms with Gasteiger partial charge < -0.3 is 1.43 Å². The van der Waals surface area contributed by atoms with Gasteiger partial charge in [-0.05, 0) is 42.2 Å². The number of aryl methyl sites for hydroxylation is 1. The van der Waals surface area contributed by atoms with Crippen molar-refractivity contribution in [2.45, 2.75) is 62.2 Å². The van der Waals surface area contributed by atoms with Crippen LogP contribution in [0.3, 0.4) is 0 Å². The van der Waals surface area contributed by atoms with Crippen LogP contribution in [0.2, 0.25) is 0 Å². The third kappa shape index (κ3) is 5.53. The summed E-state index contributed by atoms with van der Waals surface area (Å²) < 4.78 is 67.9. The molecule has 2 aromatic carbocycles. The van der Waals surface area contributed by atoms with Gasteiger partial charge in [-0.15, -0.1) is 0 Å². The van der Waals surface area contributed by atoms with E-state index >= 15 is 0 Å². The van der Waals surface area contributed by atoms with Crippen molar-refractivity contribution in [1.82, 2.24) is 0 Å². The summed E-state index contributed by atoms with van der Waals surface area (Å²) in [7, 11) is -9.72. The van der Waals surface area contributed by atoms with Gasteiger partial charge in [0.1, 0.15) is 9.79 Å². The van der Waals surface area contributed by atoms with Crippen LogP contribution in [0.25, 0.3) is 10.8 Å². The van der Waals surface area contributed by atoms with E-state index in [4.69, 9.17) is 0 Å². The van der Waals surface area contributed by atoms with E-state index in [1.54, 1.807) is 18.2 Å². The summed E-state index contributed by atoms with van der Waals surface area (Å²) in [6.07, 6.45) is 3.93. The van der Waals surface area contributed by atoms with Crippen LogP contribution in [0.15, 0.2) is 34.1 Å². The van der Waals surface area contributed by atoms with Crippen LogP contribution in [0.5, 0.6) is 0 Å². The van der Waals surface area contributed by atoms with Crippen molar-refractivity contribution in [2.24, 2.45) is 0 Å². The first-order valence-corrected chi connectivity index (χ1v) is 11.5. The van der Waals surface area contributed by atoms with E-state index in [9.17, 15) is 25.9 Å². The molecule has 0 atom stereocenters. The van der Waals surface area contributed by atoms with E-state index in [-0.39, 0.29) is 41.9 Å². The van der Waals surface area contributed by atoms with E-state index in [1.807, 2.05) is 13.8 Å². The summed E-state index contributed by atoms with van der Waals surface area (Å²) in [5.74, 6) is 0. The van der Waals surface area contributed by atoms with Gasteiger partial charge in [-0.2, -0.15) is 16.8 Å². The first-order valence-electron chi connectivity index (χ1n) is 8.64. The van der Waals surface area contributed by atoms with Gasteiger partial charge in [0, 0.05) is 5.39 Å². The molecule has 0 heterocycles. The largest absolute Gasteiger partial charge is 1.00 e. The molecule has 0 unspecified atom stereocenters. The monoisotopic (exact) mass is 424 g/mol. The second kappa shape index (κ2) is 9.82. The number of unbranched alkanes of at least 4 members (excludes halogenated alkanes) is 2. The molecule has 2 aromatic rings. The average molecular weight is 425 g/mol. The molecule has 2 N–H and O–H groups in total. The minimum atomic E-state index is -4.87. The standard InChI is InChI=1S/C18H24O6S2.Na.H/c1-3-5-9-13-14-11-7-8-12-16(14)18(26(22,23)24)17(25(19,20)21)15(13)10-6-4-2;;/h7-8,11-12H,3-6,9-10H2,1-2H3,(H,19,20,21)(H,22,23,24);;/q;+1;-1. The third-order valence-corrected chi connectivity index (χ3v) is 6.45. The van der Waals surface area contributed by atoms with Crippen LogP contribution in [0, 0.1) is 0 Å². The fraction of sp³-hybridized carbons (Fsp3) is 0.444. The minimum absolute atomic E-state index is 0. The van der Waals surface area contributed by atoms with Gasteiger partial charge in [0.05, 0.1) is 0 Å². The Kier molecular flexibility index (Phi) is 8.94. The van der Waals surface area contributed by atoms with Crippen LogP contribution >= 0.6 is 0 Å². The Hall–Kier alpha value is -0.480. The Balaban J connectivity index is 0.00000364. The Morgan fingerprint density at radius 3 is 1.67 bits per heavy atom. The summed E-state index contributed by atoms with van der Waals surface area (Å²) >= 11 is 0. The first kappa shape index (κ1) is 24.6. The summed E-state index contributed by atoms with van der Waals surface area (Å²) in [5, 5.41) is 0.695.